The molecule has 3 nitrogen and oxygen atoms in total. The lowest BCUT2D eigenvalue weighted by atomic mass is 9.59. The van der Waals surface area contributed by atoms with Crippen LogP contribution in [0.4, 0.5) is 28.4 Å². The summed E-state index contributed by atoms with van der Waals surface area (Å²) in [5, 5.41) is 8.98. The fourth-order valence-corrected chi connectivity index (χ4v) is 9.61. The van der Waals surface area contributed by atoms with E-state index in [9.17, 15) is 0 Å². The van der Waals surface area contributed by atoms with Crippen molar-refractivity contribution in [2.75, 3.05) is 10.2 Å². The Labute approximate surface area is 312 Å². The Hall–Kier alpha value is -6.56. The molecule has 0 unspecified atom stereocenters. The summed E-state index contributed by atoms with van der Waals surface area (Å²) in [4.78, 5) is 2.45. The molecular formula is C48H32BN3S. The minimum absolute atomic E-state index is 0.836. The van der Waals surface area contributed by atoms with Crippen LogP contribution in [0, 0.1) is 0 Å². The van der Waals surface area contributed by atoms with Crippen LogP contribution in [0.3, 0.4) is 0 Å². The van der Waals surface area contributed by atoms with Gasteiger partial charge in [-0.25, -0.2) is 0 Å². The highest BCUT2D eigenvalue weighted by Crippen LogP contribution is 2.48. The second-order valence-corrected chi connectivity index (χ2v) is 14.9. The second kappa shape index (κ2) is 12.0. The Morgan fingerprint density at radius 1 is 0.528 bits per heavy atom. The van der Waals surface area contributed by atoms with Gasteiger partial charge in [-0.15, -0.1) is 11.3 Å². The van der Waals surface area contributed by atoms with Gasteiger partial charge in [0.05, 0.1) is 16.7 Å². The fraction of sp³-hybridized carbons (Fsp3) is 0. The Balaban J connectivity index is 1.32. The number of hydrogen-bond acceptors (Lipinski definition) is 3. The van der Waals surface area contributed by atoms with Crippen molar-refractivity contribution in [3.8, 4) is 16.8 Å². The molecule has 0 fully saturated rings. The third kappa shape index (κ3) is 4.75. The van der Waals surface area contributed by atoms with Crippen LogP contribution in [0.25, 0.3) is 58.8 Å². The summed E-state index contributed by atoms with van der Waals surface area (Å²) in [6.45, 7) is 0. The topological polar surface area (TPSA) is 20.2 Å². The maximum absolute atomic E-state index is 3.88. The van der Waals surface area contributed by atoms with Gasteiger partial charge in [-0.2, -0.15) is 0 Å². The number of hydrogen-bond donors (Lipinski definition) is 1. The van der Waals surface area contributed by atoms with Crippen LogP contribution < -0.4 is 21.1 Å². The fourth-order valence-electron chi connectivity index (χ4n) is 8.48. The van der Waals surface area contributed by atoms with Crippen molar-refractivity contribution in [3.63, 3.8) is 0 Å². The summed E-state index contributed by atoms with van der Waals surface area (Å²) in [6.07, 6.45) is 0. The van der Waals surface area contributed by atoms with Gasteiger partial charge in [-0.05, 0) is 83.8 Å². The van der Waals surface area contributed by atoms with E-state index in [-0.39, 0.29) is 0 Å². The molecule has 0 aliphatic carbocycles. The van der Waals surface area contributed by atoms with Gasteiger partial charge < -0.3 is 14.8 Å². The van der Waals surface area contributed by atoms with Crippen LogP contribution in [-0.4, -0.2) is 11.8 Å². The minimum atomic E-state index is 0.836. The number of thiophene rings is 1. The number of nitrogens with zero attached hydrogens (tertiary/aromatic N) is 2. The van der Waals surface area contributed by atoms with E-state index in [1.807, 2.05) is 11.3 Å². The number of nitrogens with one attached hydrogen (secondary N) is 1. The molecule has 5 heteroatoms. The normalized spacial score (nSPS) is 11.9. The van der Waals surface area contributed by atoms with Crippen molar-refractivity contribution in [2.45, 2.75) is 0 Å². The van der Waals surface area contributed by atoms with Gasteiger partial charge in [0, 0.05) is 64.9 Å². The van der Waals surface area contributed by atoms with E-state index in [0.717, 1.165) is 35.7 Å². The highest BCUT2D eigenvalue weighted by Gasteiger charge is 2.30. The Morgan fingerprint density at radius 2 is 1.17 bits per heavy atom. The van der Waals surface area contributed by atoms with Crippen LogP contribution in [0.5, 0.6) is 0 Å². The second-order valence-electron chi connectivity index (χ2n) is 13.8. The maximum Gasteiger partial charge on any atom is 0.198 e. The van der Waals surface area contributed by atoms with Crippen LogP contribution in [0.2, 0.25) is 0 Å². The number of anilines is 5. The predicted molar refractivity (Wildman–Crippen MR) is 230 cm³/mol. The van der Waals surface area contributed by atoms with E-state index in [0.29, 0.717) is 0 Å². The molecule has 0 amide bonds. The van der Waals surface area contributed by atoms with Crippen molar-refractivity contribution < 1.29 is 0 Å². The molecule has 10 aromatic rings. The highest BCUT2D eigenvalue weighted by atomic mass is 32.1. The Bertz CT molecular complexity index is 2960. The van der Waals surface area contributed by atoms with Gasteiger partial charge in [0.2, 0.25) is 0 Å². The van der Waals surface area contributed by atoms with Gasteiger partial charge >= 0.3 is 0 Å². The molecule has 1 N–H and O–H groups in total. The largest absolute Gasteiger partial charge is 0.355 e. The van der Waals surface area contributed by atoms with Crippen LogP contribution in [0.15, 0.2) is 182 Å². The summed E-state index contributed by atoms with van der Waals surface area (Å²) < 4.78 is 5.11. The molecule has 0 saturated carbocycles. The summed E-state index contributed by atoms with van der Waals surface area (Å²) in [7, 11) is 0.836. The third-order valence-corrected chi connectivity index (χ3v) is 11.9. The van der Waals surface area contributed by atoms with E-state index >= 15 is 0 Å². The van der Waals surface area contributed by atoms with E-state index in [1.165, 1.54) is 69.7 Å². The lowest BCUT2D eigenvalue weighted by Gasteiger charge is -2.30. The van der Waals surface area contributed by atoms with Gasteiger partial charge in [0.25, 0.3) is 0 Å². The number of rotatable bonds is 6. The van der Waals surface area contributed by atoms with E-state index in [2.05, 4.69) is 197 Å². The van der Waals surface area contributed by atoms with Crippen molar-refractivity contribution in [2.24, 2.45) is 0 Å². The van der Waals surface area contributed by atoms with E-state index in [4.69, 9.17) is 0 Å². The number of para-hydroxylation sites is 5. The van der Waals surface area contributed by atoms with Gasteiger partial charge in [0.1, 0.15) is 0 Å². The number of fused-ring (bicyclic) bond motifs is 8. The number of benzene rings is 8. The van der Waals surface area contributed by atoms with E-state index < -0.39 is 0 Å². The van der Waals surface area contributed by atoms with Gasteiger partial charge in [-0.3, -0.25) is 0 Å². The molecule has 1 aliphatic heterocycles. The van der Waals surface area contributed by atoms with E-state index in [1.54, 1.807) is 0 Å². The zero-order valence-corrected chi connectivity index (χ0v) is 29.6. The van der Waals surface area contributed by atoms with Crippen LogP contribution >= 0.6 is 11.3 Å². The minimum Gasteiger partial charge on any atom is -0.355 e. The molecule has 2 aromatic heterocycles. The molecule has 11 rings (SSSR count). The first-order valence-electron chi connectivity index (χ1n) is 18.2. The average Bonchev–Trinajstić information content (AvgIpc) is 3.76. The summed E-state index contributed by atoms with van der Waals surface area (Å²) in [5.41, 5.74) is 14.4. The van der Waals surface area contributed by atoms with Gasteiger partial charge in [0.15, 0.2) is 7.28 Å². The zero-order chi connectivity index (χ0) is 34.9. The summed E-state index contributed by atoms with van der Waals surface area (Å²) >= 11 is 1.86. The van der Waals surface area contributed by atoms with Crippen molar-refractivity contribution in [1.29, 1.82) is 0 Å². The van der Waals surface area contributed by atoms with Crippen molar-refractivity contribution >= 4 is 100.0 Å². The van der Waals surface area contributed by atoms with Crippen LogP contribution in [-0.2, 0) is 0 Å². The van der Waals surface area contributed by atoms with Crippen LogP contribution in [0.1, 0.15) is 0 Å². The molecule has 8 aromatic carbocycles. The molecule has 0 bridgehead atoms. The molecule has 0 saturated heterocycles. The molecule has 3 heterocycles. The first kappa shape index (κ1) is 30.1. The average molecular weight is 694 g/mol. The Morgan fingerprint density at radius 3 is 1.94 bits per heavy atom. The maximum atomic E-state index is 3.88. The first-order chi connectivity index (χ1) is 26.3. The SMILES string of the molecule is B1c2ccccc2-n2c3ccccc3c3c(N(c4ccccc4)c4ccccc4)cc(-c4cc5c(cc4Nc4ccccc4)sc4ccccc45)c1c32. The molecule has 248 valence electrons. The van der Waals surface area contributed by atoms with Crippen molar-refractivity contribution in [1.82, 2.24) is 4.57 Å². The smallest absolute Gasteiger partial charge is 0.198 e. The third-order valence-electron chi connectivity index (χ3n) is 10.8. The molecule has 53 heavy (non-hydrogen) atoms. The first-order valence-corrected chi connectivity index (χ1v) is 19.0. The quantitative estimate of drug-likeness (QED) is 0.175. The molecule has 0 radical (unpaired) electrons. The summed E-state index contributed by atoms with van der Waals surface area (Å²) in [6, 6.07) is 66.2. The van der Waals surface area contributed by atoms with Gasteiger partial charge in [-0.1, -0.05) is 115 Å². The summed E-state index contributed by atoms with van der Waals surface area (Å²) in [5.74, 6) is 0. The predicted octanol–water partition coefficient (Wildman–Crippen LogP) is 11.7. The molecule has 1 aliphatic rings. The zero-order valence-electron chi connectivity index (χ0n) is 28.8. The standard InChI is InChI=1S/C48H32BN3S/c1-4-16-31(17-5-1)50-40-30-45-37(34-22-11-15-27-44(34)53-45)28-36(40)38-29-43(51(32-18-6-2-7-19-32)33-20-8-3-9-21-33)46-35-23-10-13-25-41(35)52-42-26-14-12-24-39(42)49-47(38)48(46)52/h1-30,49-50H. The lowest BCUT2D eigenvalue weighted by molar-refractivity contribution is 1.19. The molecule has 0 atom stereocenters. The monoisotopic (exact) mass is 693 g/mol. The number of aromatic nitrogens is 1. The lowest BCUT2D eigenvalue weighted by Crippen LogP contribution is -2.37. The molecular weight excluding hydrogens is 661 g/mol. The Kier molecular flexibility index (Phi) is 6.82. The molecule has 0 spiro atoms. The highest BCUT2D eigenvalue weighted by molar-refractivity contribution is 7.25. The van der Waals surface area contributed by atoms with Crippen molar-refractivity contribution in [3.05, 3.63) is 182 Å².